The number of amides is 10. The van der Waals surface area contributed by atoms with Gasteiger partial charge in [0.1, 0.15) is 0 Å². The van der Waals surface area contributed by atoms with Gasteiger partial charge in [0.05, 0.1) is 4.90 Å². The molecule has 0 radical (unpaired) electrons. The van der Waals surface area contributed by atoms with Gasteiger partial charge in [0.25, 0.3) is 23.6 Å². The lowest BCUT2D eigenvalue weighted by atomic mass is 10.0. The van der Waals surface area contributed by atoms with Crippen molar-refractivity contribution in [3.63, 3.8) is 0 Å². The molecule has 10 amide bonds. The van der Waals surface area contributed by atoms with Crippen LogP contribution in [0.15, 0.2) is 211 Å². The van der Waals surface area contributed by atoms with Gasteiger partial charge in [0.2, 0.25) is 45.5 Å². The van der Waals surface area contributed by atoms with E-state index in [4.69, 9.17) is 0 Å². The molecule has 0 heterocycles. The zero-order chi connectivity index (χ0) is 82.0. The molecule has 27 nitrogen and oxygen atoms in total. The van der Waals surface area contributed by atoms with Crippen LogP contribution in [0, 0.1) is 0 Å². The van der Waals surface area contributed by atoms with Crippen molar-refractivity contribution in [2.24, 2.45) is 0 Å². The first-order chi connectivity index (χ1) is 56.3. The van der Waals surface area contributed by atoms with Gasteiger partial charge in [-0.1, -0.05) is 170 Å². The monoisotopic (exact) mass is 1590 g/mol. The summed E-state index contributed by atoms with van der Waals surface area (Å²) in [5.41, 5.74) is 2.90. The lowest BCUT2D eigenvalue weighted by Gasteiger charge is -2.24. The normalized spacial score (nSPS) is 11.4. The van der Waals surface area contributed by atoms with Crippen LogP contribution < -0.4 is 62.8 Å². The lowest BCUT2D eigenvalue weighted by molar-refractivity contribution is -0.123. The number of anilines is 1. The van der Waals surface area contributed by atoms with Gasteiger partial charge in [-0.3, -0.25) is 47.9 Å². The summed E-state index contributed by atoms with van der Waals surface area (Å²) < 4.78 is 31.0. The van der Waals surface area contributed by atoms with E-state index in [1.165, 1.54) is 0 Å². The Kier molecular flexibility index (Phi) is 33.0. The molecule has 0 bridgehead atoms. The molecule has 0 spiro atoms. The number of hydrogen-bond donors (Lipinski definition) is 11. The van der Waals surface area contributed by atoms with E-state index >= 15 is 0 Å². The molecule has 0 saturated carbocycles. The second-order valence-corrected chi connectivity index (χ2v) is 29.9. The molecule has 10 aromatic carbocycles. The molecule has 0 aliphatic carbocycles. The first-order valence-corrected chi connectivity index (χ1v) is 40.8. The van der Waals surface area contributed by atoms with E-state index in [2.05, 4.69) is 57.9 Å². The van der Waals surface area contributed by atoms with Crippen molar-refractivity contribution in [3.8, 4) is 0 Å². The highest BCUT2D eigenvalue weighted by molar-refractivity contribution is 7.89. The Bertz CT molecular complexity index is 4710. The molecular formula is C88H103N15O12S. The van der Waals surface area contributed by atoms with Crippen LogP contribution in [-0.4, -0.2) is 227 Å². The van der Waals surface area contributed by atoms with Crippen LogP contribution in [-0.2, 0) is 38.8 Å². The minimum atomic E-state index is -4.09. The van der Waals surface area contributed by atoms with Crippen LogP contribution in [0.2, 0.25) is 0 Å². The smallest absolute Gasteiger partial charge is 0.251 e. The Morgan fingerprint density at radius 3 is 0.802 bits per heavy atom. The van der Waals surface area contributed by atoms with Gasteiger partial charge in [0.15, 0.2) is 0 Å². The van der Waals surface area contributed by atoms with Gasteiger partial charge < -0.3 is 72.8 Å². The number of benzene rings is 10. The van der Waals surface area contributed by atoms with E-state index in [1.54, 1.807) is 48.5 Å². The number of hydrogen-bond acceptors (Lipinski definition) is 16. The molecule has 0 aliphatic heterocycles. The van der Waals surface area contributed by atoms with E-state index in [9.17, 15) is 56.4 Å². The van der Waals surface area contributed by atoms with Gasteiger partial charge in [-0.25, -0.2) is 13.1 Å². The fraction of sp³-hybridized carbons (Fsp3) is 0.318. The summed E-state index contributed by atoms with van der Waals surface area (Å²) in [6.45, 7) is 3.14. The highest BCUT2D eigenvalue weighted by atomic mass is 32.2. The maximum atomic E-state index is 14.1. The molecule has 0 aromatic heterocycles. The number of sulfonamides is 1. The maximum Gasteiger partial charge on any atom is 0.251 e. The van der Waals surface area contributed by atoms with E-state index in [-0.39, 0.29) is 233 Å². The lowest BCUT2D eigenvalue weighted by Crippen LogP contribution is -2.42. The van der Waals surface area contributed by atoms with Crippen molar-refractivity contribution in [1.82, 2.24) is 72.6 Å². The molecule has 0 unspecified atom stereocenters. The SMILES string of the molecule is CN(C)c1cccc2c(S(=O)(=O)NCCN(CCC(=O)NCCN(CCC(=O)NCCNC(=O)c3cccc4ccccc34)CCC(=O)NCCNC(=O)c3cccc4ccccc34)CCC(=O)NCCN(CCC(=O)NCCNC(=O)c3cccc4ccccc34)CCC(=O)NCCNC(=O)c3cccc4ccccc34)cccc12. The van der Waals surface area contributed by atoms with Crippen LogP contribution in [0.4, 0.5) is 5.69 Å². The third-order valence-corrected chi connectivity index (χ3v) is 21.4. The zero-order valence-electron chi connectivity index (χ0n) is 65.6. The van der Waals surface area contributed by atoms with Crippen LogP contribution in [0.1, 0.15) is 80.0 Å². The highest BCUT2D eigenvalue weighted by Gasteiger charge is 2.22. The molecule has 116 heavy (non-hydrogen) atoms. The summed E-state index contributed by atoms with van der Waals surface area (Å²) in [4.78, 5) is 141. The fourth-order valence-corrected chi connectivity index (χ4v) is 14.9. The van der Waals surface area contributed by atoms with Crippen molar-refractivity contribution < 1.29 is 56.4 Å². The van der Waals surface area contributed by atoms with E-state index < -0.39 is 10.0 Å². The second kappa shape index (κ2) is 44.5. The topological polar surface area (TPSA) is 350 Å². The minimum Gasteiger partial charge on any atom is -0.377 e. The van der Waals surface area contributed by atoms with Gasteiger partial charge in [-0.05, 0) is 79.5 Å². The van der Waals surface area contributed by atoms with Crippen molar-refractivity contribution in [1.29, 1.82) is 0 Å². The molecule has 608 valence electrons. The predicted octanol–water partition coefficient (Wildman–Crippen LogP) is 6.46. The summed E-state index contributed by atoms with van der Waals surface area (Å²) in [6, 6.07) is 62.7. The quantitative estimate of drug-likeness (QED) is 0.0182. The predicted molar refractivity (Wildman–Crippen MR) is 454 cm³/mol. The van der Waals surface area contributed by atoms with Gasteiger partial charge in [-0.15, -0.1) is 0 Å². The van der Waals surface area contributed by atoms with E-state index in [0.29, 0.717) is 27.6 Å². The summed E-state index contributed by atoms with van der Waals surface area (Å²) in [5.74, 6) is -2.98. The molecule has 10 aromatic rings. The Labute approximate surface area is 675 Å². The third kappa shape index (κ3) is 26.2. The fourth-order valence-electron chi connectivity index (χ4n) is 13.7. The average Bonchev–Trinajstić information content (AvgIpc) is 0.771. The summed E-state index contributed by atoms with van der Waals surface area (Å²) in [6.07, 6.45) is 0.0155. The number of nitrogens with one attached hydrogen (secondary N) is 11. The third-order valence-electron chi connectivity index (χ3n) is 19.8. The van der Waals surface area contributed by atoms with Gasteiger partial charge in [0, 0.05) is 222 Å². The van der Waals surface area contributed by atoms with Crippen molar-refractivity contribution in [2.75, 3.05) is 150 Å². The van der Waals surface area contributed by atoms with Gasteiger partial charge in [-0.2, -0.15) is 0 Å². The molecule has 0 fully saturated rings. The zero-order valence-corrected chi connectivity index (χ0v) is 66.4. The molecule has 11 N–H and O–H groups in total. The molecule has 10 rings (SSSR count). The molecule has 0 atom stereocenters. The first-order valence-electron chi connectivity index (χ1n) is 39.3. The van der Waals surface area contributed by atoms with E-state index in [0.717, 1.165) is 54.2 Å². The summed E-state index contributed by atoms with van der Waals surface area (Å²) in [5, 5.41) is 37.1. The van der Waals surface area contributed by atoms with Crippen LogP contribution in [0.25, 0.3) is 53.9 Å². The Balaban J connectivity index is 0.730. The van der Waals surface area contributed by atoms with Crippen molar-refractivity contribution >= 4 is 129 Å². The minimum absolute atomic E-state index is 0.0319. The van der Waals surface area contributed by atoms with Gasteiger partial charge >= 0.3 is 0 Å². The summed E-state index contributed by atoms with van der Waals surface area (Å²) >= 11 is 0. The van der Waals surface area contributed by atoms with Crippen molar-refractivity contribution in [2.45, 2.75) is 43.4 Å². The molecule has 0 saturated heterocycles. The molecular weight excluding hydrogens is 1490 g/mol. The number of carbonyl (C=O) groups is 10. The summed E-state index contributed by atoms with van der Waals surface area (Å²) in [7, 11) is -0.341. The average molecular weight is 1590 g/mol. The van der Waals surface area contributed by atoms with Crippen molar-refractivity contribution in [3.05, 3.63) is 229 Å². The first kappa shape index (κ1) is 86.2. The highest BCUT2D eigenvalue weighted by Crippen LogP contribution is 2.31. The Hall–Kier alpha value is -12.2. The standard InChI is InChI=1S/C88H103N15O12S/c1-100(2)77-35-15-30-72-71(77)29-16-36-78(72)116(114,115)99-53-62-103(58-41-83(108)93-51-60-101(54-37-79(104)89-43-47-95-85(110)73-31-11-21-63-17-3-7-25-67(63)73)55-38-80(105)90-44-48-96-86(111)74-32-12-22-64-18-4-8-26-68(64)74)59-42-84(109)94-52-61-102(56-39-81(106)91-45-49-97-87(112)75-33-13-23-65-19-5-9-27-69(65)75)57-40-82(107)92-46-50-98-88(113)76-34-14-24-66-20-6-10-28-70(66)76/h3-36,99H,37-62H2,1-2H3,(H,89,104)(H,90,105)(H,91,106)(H,92,107)(H,93,108)(H,94,109)(H,95,110)(H,96,111)(H,97,112)(H,98,113). The van der Waals surface area contributed by atoms with Crippen LogP contribution >= 0.6 is 0 Å². The molecule has 28 heteroatoms. The number of carbonyl (C=O) groups excluding carboxylic acids is 10. The number of rotatable bonds is 46. The van der Waals surface area contributed by atoms with Crippen LogP contribution in [0.5, 0.6) is 0 Å². The number of fused-ring (bicyclic) bond motifs is 5. The van der Waals surface area contributed by atoms with E-state index in [1.807, 2.05) is 191 Å². The Morgan fingerprint density at radius 2 is 0.491 bits per heavy atom. The number of nitrogens with zero attached hydrogens (tertiary/aromatic N) is 4. The second-order valence-electron chi connectivity index (χ2n) is 28.2. The Morgan fingerprint density at radius 1 is 0.250 bits per heavy atom. The molecule has 0 aliphatic rings. The maximum absolute atomic E-state index is 14.1. The van der Waals surface area contributed by atoms with Crippen LogP contribution in [0.3, 0.4) is 0 Å². The largest absolute Gasteiger partial charge is 0.377 e.